The SMILES string of the molecule is Cc1ccccc1C(=O)CO[C]=O. The van der Waals surface area contributed by atoms with Gasteiger partial charge in [0.25, 0.3) is 0 Å². The zero-order valence-electron chi connectivity index (χ0n) is 7.24. The van der Waals surface area contributed by atoms with Gasteiger partial charge in [0.05, 0.1) is 0 Å². The van der Waals surface area contributed by atoms with Crippen LogP contribution in [-0.4, -0.2) is 18.9 Å². The Kier molecular flexibility index (Phi) is 3.20. The van der Waals surface area contributed by atoms with Crippen LogP contribution in [0.3, 0.4) is 0 Å². The maximum absolute atomic E-state index is 11.3. The van der Waals surface area contributed by atoms with Gasteiger partial charge in [-0.25, -0.2) is 4.79 Å². The molecule has 1 radical (unpaired) electrons. The van der Waals surface area contributed by atoms with Crippen LogP contribution >= 0.6 is 0 Å². The van der Waals surface area contributed by atoms with Crippen molar-refractivity contribution in [2.75, 3.05) is 6.61 Å². The summed E-state index contributed by atoms with van der Waals surface area (Å²) in [7, 11) is 0. The number of Topliss-reactive ketones (excluding diaryl/α,β-unsaturated/α-hetero) is 1. The van der Waals surface area contributed by atoms with Gasteiger partial charge < -0.3 is 4.74 Å². The second-order valence-electron chi connectivity index (χ2n) is 2.61. The molecule has 0 unspecified atom stereocenters. The molecular formula is C10H9O3. The van der Waals surface area contributed by atoms with Gasteiger partial charge in [0, 0.05) is 5.56 Å². The second kappa shape index (κ2) is 4.40. The molecule has 0 spiro atoms. The first-order valence-electron chi connectivity index (χ1n) is 3.83. The van der Waals surface area contributed by atoms with Crippen molar-refractivity contribution in [1.82, 2.24) is 0 Å². The summed E-state index contributed by atoms with van der Waals surface area (Å²) in [5, 5.41) is 0. The van der Waals surface area contributed by atoms with Crippen LogP contribution in [0.2, 0.25) is 0 Å². The van der Waals surface area contributed by atoms with E-state index < -0.39 is 0 Å². The Morgan fingerprint density at radius 1 is 1.46 bits per heavy atom. The summed E-state index contributed by atoms with van der Waals surface area (Å²) in [6, 6.07) is 7.15. The van der Waals surface area contributed by atoms with Gasteiger partial charge in [0.15, 0.2) is 6.61 Å². The van der Waals surface area contributed by atoms with E-state index in [4.69, 9.17) is 0 Å². The molecule has 1 aromatic carbocycles. The van der Waals surface area contributed by atoms with E-state index in [-0.39, 0.29) is 12.4 Å². The van der Waals surface area contributed by atoms with Gasteiger partial charge in [-0.05, 0) is 12.5 Å². The minimum absolute atomic E-state index is 0.207. The number of aryl methyl sites for hydroxylation is 1. The Labute approximate surface area is 76.3 Å². The first-order valence-corrected chi connectivity index (χ1v) is 3.83. The third-order valence-corrected chi connectivity index (χ3v) is 1.71. The number of ether oxygens (including phenoxy) is 1. The summed E-state index contributed by atoms with van der Waals surface area (Å²) in [6.45, 7) is 2.81. The lowest BCUT2D eigenvalue weighted by Gasteiger charge is -2.01. The van der Waals surface area contributed by atoms with Gasteiger partial charge in [-0.15, -0.1) is 0 Å². The molecule has 0 aliphatic heterocycles. The Bertz CT molecular complexity index is 318. The van der Waals surface area contributed by atoms with Crippen molar-refractivity contribution >= 4 is 12.3 Å². The summed E-state index contributed by atoms with van der Waals surface area (Å²) in [5.74, 6) is -0.207. The Morgan fingerprint density at radius 3 is 2.77 bits per heavy atom. The van der Waals surface area contributed by atoms with E-state index in [9.17, 15) is 9.59 Å². The molecule has 0 heterocycles. The zero-order valence-corrected chi connectivity index (χ0v) is 7.24. The summed E-state index contributed by atoms with van der Waals surface area (Å²) in [6.07, 6.45) is 0. The molecule has 13 heavy (non-hydrogen) atoms. The van der Waals surface area contributed by atoms with Gasteiger partial charge in [0.1, 0.15) is 0 Å². The average Bonchev–Trinajstić information content (AvgIpc) is 2.15. The molecule has 0 amide bonds. The molecule has 3 nitrogen and oxygen atoms in total. The molecule has 0 aromatic heterocycles. The van der Waals surface area contributed by atoms with Crippen LogP contribution in [0.1, 0.15) is 15.9 Å². The van der Waals surface area contributed by atoms with Crippen LogP contribution in [0.5, 0.6) is 0 Å². The van der Waals surface area contributed by atoms with Crippen LogP contribution in [0, 0.1) is 6.92 Å². The summed E-state index contributed by atoms with van der Waals surface area (Å²) < 4.78 is 4.25. The molecule has 0 aliphatic carbocycles. The van der Waals surface area contributed by atoms with Crippen molar-refractivity contribution in [2.24, 2.45) is 0 Å². The van der Waals surface area contributed by atoms with Gasteiger partial charge in [-0.2, -0.15) is 0 Å². The molecule has 3 heteroatoms. The number of hydrogen-bond donors (Lipinski definition) is 0. The number of hydrogen-bond acceptors (Lipinski definition) is 3. The van der Waals surface area contributed by atoms with Crippen molar-refractivity contribution in [2.45, 2.75) is 6.92 Å². The lowest BCUT2D eigenvalue weighted by molar-refractivity contribution is 0.0908. The average molecular weight is 177 g/mol. The fraction of sp³-hybridized carbons (Fsp3) is 0.200. The van der Waals surface area contributed by atoms with E-state index >= 15 is 0 Å². The third-order valence-electron chi connectivity index (χ3n) is 1.71. The fourth-order valence-corrected chi connectivity index (χ4v) is 1.06. The molecule has 0 fully saturated rings. The van der Waals surface area contributed by atoms with Crippen molar-refractivity contribution in [3.05, 3.63) is 35.4 Å². The predicted molar refractivity (Wildman–Crippen MR) is 47.2 cm³/mol. The fourth-order valence-electron chi connectivity index (χ4n) is 1.06. The van der Waals surface area contributed by atoms with Gasteiger partial charge >= 0.3 is 6.47 Å². The van der Waals surface area contributed by atoms with E-state index in [0.29, 0.717) is 5.56 Å². The zero-order chi connectivity index (χ0) is 9.68. The van der Waals surface area contributed by atoms with Crippen LogP contribution < -0.4 is 0 Å². The second-order valence-corrected chi connectivity index (χ2v) is 2.61. The monoisotopic (exact) mass is 177 g/mol. The van der Waals surface area contributed by atoms with E-state index in [1.165, 1.54) is 6.47 Å². The van der Waals surface area contributed by atoms with Crippen LogP contribution in [0.25, 0.3) is 0 Å². The first kappa shape index (κ1) is 9.45. The largest absolute Gasteiger partial charge is 0.449 e. The van der Waals surface area contributed by atoms with Crippen molar-refractivity contribution in [3.8, 4) is 0 Å². The number of carbonyl (C=O) groups excluding carboxylic acids is 2. The number of carbonyl (C=O) groups is 1. The number of benzene rings is 1. The normalized spacial score (nSPS) is 9.31. The van der Waals surface area contributed by atoms with Gasteiger partial charge in [-0.1, -0.05) is 24.3 Å². The minimum atomic E-state index is -0.242. The molecule has 0 aliphatic rings. The lowest BCUT2D eigenvalue weighted by atomic mass is 10.1. The number of rotatable bonds is 4. The van der Waals surface area contributed by atoms with Crippen molar-refractivity contribution in [1.29, 1.82) is 0 Å². The van der Waals surface area contributed by atoms with Crippen LogP contribution in [0.4, 0.5) is 0 Å². The summed E-state index contributed by atoms with van der Waals surface area (Å²) in [4.78, 5) is 21.0. The highest BCUT2D eigenvalue weighted by atomic mass is 16.5. The molecule has 67 valence electrons. The molecule has 1 aromatic rings. The summed E-state index contributed by atoms with van der Waals surface area (Å²) >= 11 is 0. The molecular weight excluding hydrogens is 168 g/mol. The third kappa shape index (κ3) is 2.40. The molecule has 0 saturated heterocycles. The smallest absolute Gasteiger partial charge is 0.417 e. The van der Waals surface area contributed by atoms with Crippen LogP contribution in [-0.2, 0) is 9.53 Å². The van der Waals surface area contributed by atoms with Crippen molar-refractivity contribution < 1.29 is 14.3 Å². The highest BCUT2D eigenvalue weighted by Crippen LogP contribution is 2.07. The molecule has 0 bridgehead atoms. The Balaban J connectivity index is 2.76. The first-order chi connectivity index (χ1) is 6.25. The molecule has 0 saturated carbocycles. The van der Waals surface area contributed by atoms with Gasteiger partial charge in [-0.3, -0.25) is 4.79 Å². The van der Waals surface area contributed by atoms with Gasteiger partial charge in [0.2, 0.25) is 5.78 Å². The van der Waals surface area contributed by atoms with E-state index in [1.54, 1.807) is 12.1 Å². The van der Waals surface area contributed by atoms with Crippen LogP contribution in [0.15, 0.2) is 24.3 Å². The number of ketones is 1. The standard InChI is InChI=1S/C10H9O3/c1-8-4-2-3-5-9(8)10(12)6-13-7-11/h2-5H,6H2,1H3. The Morgan fingerprint density at radius 2 is 2.15 bits per heavy atom. The summed E-state index contributed by atoms with van der Waals surface area (Å²) in [5.41, 5.74) is 1.46. The predicted octanol–water partition coefficient (Wildman–Crippen LogP) is 1.26. The highest BCUT2D eigenvalue weighted by Gasteiger charge is 2.07. The highest BCUT2D eigenvalue weighted by molar-refractivity contribution is 5.98. The van der Waals surface area contributed by atoms with Crippen molar-refractivity contribution in [3.63, 3.8) is 0 Å². The quantitative estimate of drug-likeness (QED) is 0.650. The van der Waals surface area contributed by atoms with E-state index in [0.717, 1.165) is 5.56 Å². The Hall–Kier alpha value is -1.64. The minimum Gasteiger partial charge on any atom is -0.449 e. The maximum Gasteiger partial charge on any atom is 0.417 e. The topological polar surface area (TPSA) is 43.4 Å². The van der Waals surface area contributed by atoms with E-state index in [1.807, 2.05) is 19.1 Å². The molecule has 1 rings (SSSR count). The lowest BCUT2D eigenvalue weighted by Crippen LogP contribution is -2.09. The molecule has 0 atom stereocenters. The van der Waals surface area contributed by atoms with E-state index in [2.05, 4.69) is 4.74 Å². The maximum atomic E-state index is 11.3. The molecule has 0 N–H and O–H groups in total.